The molecular formula is C27H32O3. The van der Waals surface area contributed by atoms with Gasteiger partial charge in [-0.2, -0.15) is 0 Å². The van der Waals surface area contributed by atoms with Crippen molar-refractivity contribution in [2.75, 3.05) is 6.61 Å². The van der Waals surface area contributed by atoms with Gasteiger partial charge in [-0.3, -0.25) is 0 Å². The highest BCUT2D eigenvalue weighted by molar-refractivity contribution is 6.05. The standard InChI is InChI=1S/C27H32O3/c1-4-5-6-7-8-9-16-29-24-14-12-22(13-15-24)18-23-19-26(30-27(23)28)25-17-20(2)10-11-21(25)3/h10-15,17-19H,4-9,16H2,1-3H3/b23-18-. The fourth-order valence-corrected chi connectivity index (χ4v) is 3.54. The first-order chi connectivity index (χ1) is 14.6. The lowest BCUT2D eigenvalue weighted by Crippen LogP contribution is -1.98. The quantitative estimate of drug-likeness (QED) is 0.242. The zero-order valence-electron chi connectivity index (χ0n) is 18.4. The van der Waals surface area contributed by atoms with Crippen LogP contribution in [-0.4, -0.2) is 12.6 Å². The first-order valence-electron chi connectivity index (χ1n) is 11.0. The van der Waals surface area contributed by atoms with Crippen LogP contribution in [-0.2, 0) is 9.53 Å². The van der Waals surface area contributed by atoms with Crippen LogP contribution in [0.25, 0.3) is 11.8 Å². The van der Waals surface area contributed by atoms with Gasteiger partial charge in [0.05, 0.1) is 12.2 Å². The molecule has 1 aliphatic rings. The number of carbonyl (C=O) groups excluding carboxylic acids is 1. The molecule has 3 nitrogen and oxygen atoms in total. The average Bonchev–Trinajstić information content (AvgIpc) is 3.10. The average molecular weight is 405 g/mol. The minimum Gasteiger partial charge on any atom is -0.494 e. The maximum atomic E-state index is 12.3. The van der Waals surface area contributed by atoms with Gasteiger partial charge in [-0.25, -0.2) is 4.79 Å². The van der Waals surface area contributed by atoms with Gasteiger partial charge in [-0.05, 0) is 61.7 Å². The third-order valence-electron chi connectivity index (χ3n) is 5.35. The number of hydrogen-bond acceptors (Lipinski definition) is 3. The Bertz CT molecular complexity index is 920. The van der Waals surface area contributed by atoms with Gasteiger partial charge in [-0.15, -0.1) is 0 Å². The van der Waals surface area contributed by atoms with Crippen LogP contribution in [0.2, 0.25) is 0 Å². The molecule has 0 unspecified atom stereocenters. The summed E-state index contributed by atoms with van der Waals surface area (Å²) in [6.07, 6.45) is 11.2. The van der Waals surface area contributed by atoms with Crippen LogP contribution in [0.3, 0.4) is 0 Å². The monoisotopic (exact) mass is 404 g/mol. The van der Waals surface area contributed by atoms with E-state index in [2.05, 4.69) is 13.0 Å². The number of rotatable bonds is 10. The Labute approximate surface area is 180 Å². The normalized spacial score (nSPS) is 14.7. The molecule has 0 saturated heterocycles. The molecular weight excluding hydrogens is 372 g/mol. The van der Waals surface area contributed by atoms with Crippen molar-refractivity contribution in [1.29, 1.82) is 0 Å². The lowest BCUT2D eigenvalue weighted by atomic mass is 10.0. The molecule has 0 radical (unpaired) electrons. The third kappa shape index (κ3) is 6.09. The zero-order valence-corrected chi connectivity index (χ0v) is 18.4. The van der Waals surface area contributed by atoms with E-state index in [1.165, 1.54) is 32.1 Å². The number of cyclic esters (lactones) is 1. The number of hydrogen-bond donors (Lipinski definition) is 0. The molecule has 0 amide bonds. The van der Waals surface area contributed by atoms with Crippen molar-refractivity contribution in [1.82, 2.24) is 0 Å². The second kappa shape index (κ2) is 10.8. The smallest absolute Gasteiger partial charge is 0.343 e. The van der Waals surface area contributed by atoms with Crippen molar-refractivity contribution in [3.05, 3.63) is 76.4 Å². The largest absolute Gasteiger partial charge is 0.494 e. The number of ether oxygens (including phenoxy) is 2. The summed E-state index contributed by atoms with van der Waals surface area (Å²) < 4.78 is 11.4. The van der Waals surface area contributed by atoms with Crippen LogP contribution in [0.15, 0.2) is 54.1 Å². The molecule has 0 N–H and O–H groups in total. The number of esters is 1. The van der Waals surface area contributed by atoms with Gasteiger partial charge >= 0.3 is 5.97 Å². The molecule has 2 aromatic rings. The third-order valence-corrected chi connectivity index (χ3v) is 5.35. The van der Waals surface area contributed by atoms with E-state index >= 15 is 0 Å². The van der Waals surface area contributed by atoms with Gasteiger partial charge < -0.3 is 9.47 Å². The SMILES string of the molecule is CCCCCCCCOc1ccc(/C=C2/C=C(c3cc(C)ccc3C)OC2=O)cc1. The van der Waals surface area contributed by atoms with Gasteiger partial charge in [0.1, 0.15) is 11.5 Å². The van der Waals surface area contributed by atoms with Crippen molar-refractivity contribution in [2.24, 2.45) is 0 Å². The summed E-state index contributed by atoms with van der Waals surface area (Å²) in [6, 6.07) is 14.0. The maximum Gasteiger partial charge on any atom is 0.343 e. The summed E-state index contributed by atoms with van der Waals surface area (Å²) >= 11 is 0. The van der Waals surface area contributed by atoms with Crippen molar-refractivity contribution in [2.45, 2.75) is 59.3 Å². The molecule has 3 heteroatoms. The summed E-state index contributed by atoms with van der Waals surface area (Å²) in [5.74, 6) is 1.17. The van der Waals surface area contributed by atoms with Crippen LogP contribution in [0.4, 0.5) is 0 Å². The van der Waals surface area contributed by atoms with Crippen molar-refractivity contribution < 1.29 is 14.3 Å². The molecule has 0 aromatic heterocycles. The van der Waals surface area contributed by atoms with Gasteiger partial charge in [0, 0.05) is 5.56 Å². The highest BCUT2D eigenvalue weighted by Crippen LogP contribution is 2.30. The number of benzene rings is 2. The molecule has 2 aromatic carbocycles. The Kier molecular flexibility index (Phi) is 7.89. The fraction of sp³-hybridized carbons (Fsp3) is 0.370. The van der Waals surface area contributed by atoms with E-state index in [1.807, 2.05) is 62.4 Å². The van der Waals surface area contributed by atoms with E-state index in [4.69, 9.17) is 9.47 Å². The molecule has 1 heterocycles. The number of carbonyl (C=O) groups is 1. The zero-order chi connectivity index (χ0) is 21.3. The topological polar surface area (TPSA) is 35.5 Å². The van der Waals surface area contributed by atoms with Gasteiger partial charge in [0.25, 0.3) is 0 Å². The van der Waals surface area contributed by atoms with Gasteiger partial charge in [0.15, 0.2) is 0 Å². The fourth-order valence-electron chi connectivity index (χ4n) is 3.54. The number of aryl methyl sites for hydroxylation is 2. The Balaban J connectivity index is 1.58. The highest BCUT2D eigenvalue weighted by Gasteiger charge is 2.23. The second-order valence-corrected chi connectivity index (χ2v) is 8.00. The van der Waals surface area contributed by atoms with Crippen LogP contribution >= 0.6 is 0 Å². The van der Waals surface area contributed by atoms with Crippen LogP contribution in [0.1, 0.15) is 67.7 Å². The van der Waals surface area contributed by atoms with E-state index in [0.717, 1.165) is 41.0 Å². The minimum atomic E-state index is -0.311. The van der Waals surface area contributed by atoms with Crippen molar-refractivity contribution in [3.8, 4) is 5.75 Å². The first kappa shape index (κ1) is 21.9. The summed E-state index contributed by atoms with van der Waals surface area (Å²) in [4.78, 5) is 12.3. The summed E-state index contributed by atoms with van der Waals surface area (Å²) in [5, 5.41) is 0. The molecule has 0 aliphatic carbocycles. The molecule has 30 heavy (non-hydrogen) atoms. The molecule has 0 atom stereocenters. The molecule has 0 fully saturated rings. The summed E-state index contributed by atoms with van der Waals surface area (Å²) in [7, 11) is 0. The lowest BCUT2D eigenvalue weighted by molar-refractivity contribution is -0.130. The number of unbranched alkanes of at least 4 members (excludes halogenated alkanes) is 5. The van der Waals surface area contributed by atoms with Crippen LogP contribution in [0.5, 0.6) is 5.75 Å². The van der Waals surface area contributed by atoms with E-state index in [1.54, 1.807) is 0 Å². The Morgan fingerprint density at radius 3 is 2.43 bits per heavy atom. The van der Waals surface area contributed by atoms with Crippen molar-refractivity contribution in [3.63, 3.8) is 0 Å². The van der Waals surface area contributed by atoms with E-state index in [0.29, 0.717) is 11.3 Å². The van der Waals surface area contributed by atoms with E-state index in [9.17, 15) is 4.79 Å². The Hall–Kier alpha value is -2.81. The molecule has 1 aliphatic heterocycles. The Morgan fingerprint density at radius 2 is 1.67 bits per heavy atom. The predicted octanol–water partition coefficient (Wildman–Crippen LogP) is 7.02. The molecule has 0 bridgehead atoms. The van der Waals surface area contributed by atoms with E-state index < -0.39 is 0 Å². The molecule has 3 rings (SSSR count). The molecule has 0 spiro atoms. The van der Waals surface area contributed by atoms with Crippen LogP contribution < -0.4 is 4.74 Å². The van der Waals surface area contributed by atoms with Crippen molar-refractivity contribution >= 4 is 17.8 Å². The summed E-state index contributed by atoms with van der Waals surface area (Å²) in [6.45, 7) is 7.04. The predicted molar refractivity (Wildman–Crippen MR) is 123 cm³/mol. The summed E-state index contributed by atoms with van der Waals surface area (Å²) in [5.41, 5.74) is 4.71. The second-order valence-electron chi connectivity index (χ2n) is 8.00. The van der Waals surface area contributed by atoms with Gasteiger partial charge in [-0.1, -0.05) is 68.9 Å². The highest BCUT2D eigenvalue weighted by atomic mass is 16.5. The van der Waals surface area contributed by atoms with Gasteiger partial charge in [0.2, 0.25) is 0 Å². The molecule has 158 valence electrons. The Morgan fingerprint density at radius 1 is 0.933 bits per heavy atom. The minimum absolute atomic E-state index is 0.311. The maximum absolute atomic E-state index is 12.3. The first-order valence-corrected chi connectivity index (χ1v) is 11.0. The lowest BCUT2D eigenvalue weighted by Gasteiger charge is -2.06. The van der Waals surface area contributed by atoms with Crippen LogP contribution in [0, 0.1) is 13.8 Å². The van der Waals surface area contributed by atoms with E-state index in [-0.39, 0.29) is 5.97 Å². The molecule has 0 saturated carbocycles.